The van der Waals surface area contributed by atoms with Crippen molar-refractivity contribution < 1.29 is 19.4 Å². The molecule has 2 aromatic carbocycles. The number of aromatic nitrogens is 1. The predicted molar refractivity (Wildman–Crippen MR) is 112 cm³/mol. The van der Waals surface area contributed by atoms with E-state index in [1.54, 1.807) is 7.11 Å². The van der Waals surface area contributed by atoms with Crippen LogP contribution in [0.3, 0.4) is 0 Å². The molecule has 8 heteroatoms. The zero-order chi connectivity index (χ0) is 19.4. The van der Waals surface area contributed by atoms with E-state index in [0.717, 1.165) is 30.8 Å². The SMILES string of the molecule is COCOc1ccc(C=Cc2nc3cc(C)c(NC(=O)O)cc3s2)cc1Br. The van der Waals surface area contributed by atoms with E-state index in [0.29, 0.717) is 11.4 Å². The molecule has 6 nitrogen and oxygen atoms in total. The molecule has 1 heterocycles. The Morgan fingerprint density at radius 1 is 1.33 bits per heavy atom. The summed E-state index contributed by atoms with van der Waals surface area (Å²) in [7, 11) is 1.57. The molecule has 0 aliphatic heterocycles. The van der Waals surface area contributed by atoms with E-state index in [1.807, 2.05) is 49.4 Å². The van der Waals surface area contributed by atoms with E-state index in [1.165, 1.54) is 11.3 Å². The summed E-state index contributed by atoms with van der Waals surface area (Å²) in [6, 6.07) is 9.46. The van der Waals surface area contributed by atoms with Gasteiger partial charge in [-0.2, -0.15) is 0 Å². The summed E-state index contributed by atoms with van der Waals surface area (Å²) < 4.78 is 12.1. The van der Waals surface area contributed by atoms with Crippen LogP contribution in [-0.4, -0.2) is 30.1 Å². The van der Waals surface area contributed by atoms with E-state index in [4.69, 9.17) is 14.6 Å². The number of anilines is 1. The normalized spacial score (nSPS) is 11.2. The third-order valence-electron chi connectivity index (χ3n) is 3.70. The highest BCUT2D eigenvalue weighted by Gasteiger charge is 2.08. The maximum atomic E-state index is 10.9. The molecule has 0 saturated heterocycles. The Balaban J connectivity index is 1.81. The van der Waals surface area contributed by atoms with Crippen molar-refractivity contribution in [2.24, 2.45) is 0 Å². The van der Waals surface area contributed by atoms with Gasteiger partial charge in [0.1, 0.15) is 10.8 Å². The Kier molecular flexibility index (Phi) is 6.10. The summed E-state index contributed by atoms with van der Waals surface area (Å²) in [5.41, 5.74) is 3.25. The van der Waals surface area contributed by atoms with E-state index < -0.39 is 6.09 Å². The quantitative estimate of drug-likeness (QED) is 0.478. The number of methoxy groups -OCH3 is 1. The smallest absolute Gasteiger partial charge is 0.409 e. The number of hydrogen-bond acceptors (Lipinski definition) is 5. The van der Waals surface area contributed by atoms with E-state index in [-0.39, 0.29) is 6.79 Å². The summed E-state index contributed by atoms with van der Waals surface area (Å²) in [6.07, 6.45) is 2.82. The molecule has 0 aliphatic rings. The second-order valence-corrected chi connectivity index (χ2v) is 7.61. The Hall–Kier alpha value is -2.42. The fourth-order valence-electron chi connectivity index (χ4n) is 2.45. The van der Waals surface area contributed by atoms with Crippen LogP contribution in [-0.2, 0) is 4.74 Å². The number of fused-ring (bicyclic) bond motifs is 1. The lowest BCUT2D eigenvalue weighted by atomic mass is 10.2. The first-order valence-corrected chi connectivity index (χ1v) is 9.57. The molecule has 0 saturated carbocycles. The minimum Gasteiger partial charge on any atom is -0.466 e. The van der Waals surface area contributed by atoms with Crippen LogP contribution in [0.1, 0.15) is 16.1 Å². The number of nitrogens with one attached hydrogen (secondary N) is 1. The van der Waals surface area contributed by atoms with Crippen LogP contribution < -0.4 is 10.1 Å². The van der Waals surface area contributed by atoms with Crippen LogP contribution in [0, 0.1) is 6.92 Å². The zero-order valence-corrected chi connectivity index (χ0v) is 17.1. The molecular weight excluding hydrogens is 432 g/mol. The van der Waals surface area contributed by atoms with Crippen molar-refractivity contribution in [1.82, 2.24) is 4.98 Å². The molecule has 0 unspecified atom stereocenters. The fraction of sp³-hybridized carbons (Fsp3) is 0.158. The summed E-state index contributed by atoms with van der Waals surface area (Å²) in [4.78, 5) is 15.5. The summed E-state index contributed by atoms with van der Waals surface area (Å²) in [6.45, 7) is 2.04. The Morgan fingerprint density at radius 2 is 2.15 bits per heavy atom. The molecule has 27 heavy (non-hydrogen) atoms. The second kappa shape index (κ2) is 8.51. The van der Waals surface area contributed by atoms with Crippen molar-refractivity contribution in [3.8, 4) is 5.75 Å². The third kappa shape index (κ3) is 4.85. The summed E-state index contributed by atoms with van der Waals surface area (Å²) >= 11 is 4.99. The zero-order valence-electron chi connectivity index (χ0n) is 14.7. The Morgan fingerprint density at radius 3 is 2.85 bits per heavy atom. The lowest BCUT2D eigenvalue weighted by Gasteiger charge is -2.07. The van der Waals surface area contributed by atoms with Gasteiger partial charge in [-0.25, -0.2) is 9.78 Å². The number of amides is 1. The highest BCUT2D eigenvalue weighted by atomic mass is 79.9. The van der Waals surface area contributed by atoms with Gasteiger partial charge in [0.2, 0.25) is 0 Å². The number of carbonyl (C=O) groups is 1. The highest BCUT2D eigenvalue weighted by Crippen LogP contribution is 2.30. The van der Waals surface area contributed by atoms with Crippen LogP contribution in [0.5, 0.6) is 5.75 Å². The molecule has 1 aromatic heterocycles. The van der Waals surface area contributed by atoms with Gasteiger partial charge < -0.3 is 14.6 Å². The first kappa shape index (κ1) is 19.3. The van der Waals surface area contributed by atoms with Gasteiger partial charge in [-0.1, -0.05) is 12.1 Å². The number of ether oxygens (including phenoxy) is 2. The molecule has 2 N–H and O–H groups in total. The molecule has 140 valence electrons. The van der Waals surface area contributed by atoms with Gasteiger partial charge in [0, 0.05) is 12.8 Å². The number of halogens is 1. The average molecular weight is 449 g/mol. The average Bonchev–Trinajstić information content (AvgIpc) is 3.00. The number of aryl methyl sites for hydroxylation is 1. The molecule has 3 rings (SSSR count). The first-order chi connectivity index (χ1) is 13.0. The van der Waals surface area contributed by atoms with Gasteiger partial charge in [-0.3, -0.25) is 5.32 Å². The van der Waals surface area contributed by atoms with Gasteiger partial charge in [0.25, 0.3) is 0 Å². The Labute approximate surface area is 168 Å². The van der Waals surface area contributed by atoms with Crippen molar-refractivity contribution >= 4 is 61.4 Å². The standard InChI is InChI=1S/C19H17BrN2O4S/c1-11-7-15-17(9-14(11)22-19(23)24)27-18(21-15)6-4-12-3-5-16(13(20)8-12)26-10-25-2/h3-9,22H,10H2,1-2H3,(H,23,24). The molecule has 0 spiro atoms. The van der Waals surface area contributed by atoms with Gasteiger partial charge >= 0.3 is 6.09 Å². The van der Waals surface area contributed by atoms with E-state index in [9.17, 15) is 4.79 Å². The fourth-order valence-corrected chi connectivity index (χ4v) is 3.85. The van der Waals surface area contributed by atoms with E-state index in [2.05, 4.69) is 26.2 Å². The Bertz CT molecular complexity index is 1020. The number of benzene rings is 2. The minimum atomic E-state index is -1.08. The topological polar surface area (TPSA) is 80.7 Å². The molecule has 0 atom stereocenters. The van der Waals surface area contributed by atoms with Crippen LogP contribution in [0.4, 0.5) is 10.5 Å². The number of hydrogen-bond donors (Lipinski definition) is 2. The molecule has 0 aliphatic carbocycles. The number of carboxylic acid groups (broad SMARTS) is 1. The lowest BCUT2D eigenvalue weighted by molar-refractivity contribution is 0.0506. The number of thiazole rings is 1. The maximum Gasteiger partial charge on any atom is 0.409 e. The van der Waals surface area contributed by atoms with Crippen LogP contribution in [0.2, 0.25) is 0 Å². The van der Waals surface area contributed by atoms with Gasteiger partial charge in [0.05, 0.1) is 14.7 Å². The van der Waals surface area contributed by atoms with E-state index >= 15 is 0 Å². The second-order valence-electron chi connectivity index (χ2n) is 5.69. The number of rotatable bonds is 6. The third-order valence-corrected chi connectivity index (χ3v) is 5.30. The van der Waals surface area contributed by atoms with Crippen molar-refractivity contribution in [2.75, 3.05) is 19.2 Å². The van der Waals surface area contributed by atoms with Crippen molar-refractivity contribution in [1.29, 1.82) is 0 Å². The van der Waals surface area contributed by atoms with Gasteiger partial charge in [-0.15, -0.1) is 11.3 Å². The molecule has 3 aromatic rings. The number of nitrogens with zero attached hydrogens (tertiary/aromatic N) is 1. The van der Waals surface area contributed by atoms with Crippen molar-refractivity contribution in [3.05, 3.63) is 50.9 Å². The van der Waals surface area contributed by atoms with Gasteiger partial charge in [0.15, 0.2) is 6.79 Å². The van der Waals surface area contributed by atoms with Gasteiger partial charge in [-0.05, 0) is 64.3 Å². The van der Waals surface area contributed by atoms with Crippen molar-refractivity contribution in [2.45, 2.75) is 6.92 Å². The molecule has 0 radical (unpaired) electrons. The predicted octanol–water partition coefficient (Wildman–Crippen LogP) is 5.61. The summed E-state index contributed by atoms with van der Waals surface area (Å²) in [5.74, 6) is 0.711. The monoisotopic (exact) mass is 448 g/mol. The molecule has 1 amide bonds. The van der Waals surface area contributed by atoms with Crippen LogP contribution in [0.25, 0.3) is 22.4 Å². The highest BCUT2D eigenvalue weighted by molar-refractivity contribution is 9.10. The minimum absolute atomic E-state index is 0.192. The maximum absolute atomic E-state index is 10.9. The molecule has 0 bridgehead atoms. The van der Waals surface area contributed by atoms with Crippen LogP contribution in [0.15, 0.2) is 34.8 Å². The summed E-state index contributed by atoms with van der Waals surface area (Å²) in [5, 5.41) is 12.2. The van der Waals surface area contributed by atoms with Crippen LogP contribution >= 0.6 is 27.3 Å². The first-order valence-electron chi connectivity index (χ1n) is 7.97. The lowest BCUT2D eigenvalue weighted by Crippen LogP contribution is -2.08. The molecular formula is C19H17BrN2O4S. The van der Waals surface area contributed by atoms with Crippen molar-refractivity contribution in [3.63, 3.8) is 0 Å². The molecule has 0 fully saturated rings. The largest absolute Gasteiger partial charge is 0.466 e.